The van der Waals surface area contributed by atoms with Crippen molar-refractivity contribution in [1.82, 2.24) is 10.3 Å². The molecule has 0 saturated heterocycles. The van der Waals surface area contributed by atoms with Crippen LogP contribution in [0.3, 0.4) is 0 Å². The molecule has 0 bridgehead atoms. The largest absolute Gasteiger partial charge is 0.367 e. The molecule has 112 valence electrons. The molecule has 10 heteroatoms. The third-order valence-electron chi connectivity index (χ3n) is 2.53. The monoisotopic (exact) mass is 327 g/mol. The molecule has 2 heterocycles. The lowest BCUT2D eigenvalue weighted by Gasteiger charge is -2.10. The Labute approximate surface area is 127 Å². The summed E-state index contributed by atoms with van der Waals surface area (Å²) >= 11 is 2.60. The molecule has 0 spiro atoms. The van der Waals surface area contributed by atoms with E-state index in [0.29, 0.717) is 9.71 Å². The van der Waals surface area contributed by atoms with Crippen molar-refractivity contribution in [2.24, 2.45) is 11.5 Å². The quantitative estimate of drug-likeness (QED) is 0.637. The van der Waals surface area contributed by atoms with Crippen LogP contribution in [0, 0.1) is 0 Å². The first kappa shape index (κ1) is 15.2. The number of amides is 3. The van der Waals surface area contributed by atoms with Crippen LogP contribution in [0.15, 0.2) is 6.07 Å². The predicted molar refractivity (Wildman–Crippen MR) is 81.5 cm³/mol. The summed E-state index contributed by atoms with van der Waals surface area (Å²) in [5.41, 5.74) is 10.0. The first-order valence-corrected chi connectivity index (χ1v) is 7.40. The van der Waals surface area contributed by atoms with E-state index in [1.807, 2.05) is 19.0 Å². The number of aromatic nitrogens is 1. The van der Waals surface area contributed by atoms with Crippen LogP contribution in [0.1, 0.15) is 9.67 Å². The van der Waals surface area contributed by atoms with Gasteiger partial charge < -0.3 is 21.7 Å². The minimum Gasteiger partial charge on any atom is -0.367 e. The van der Waals surface area contributed by atoms with Gasteiger partial charge in [0.25, 0.3) is 5.91 Å². The fraction of sp³-hybridized carbons (Fsp3) is 0.273. The number of fused-ring (bicyclic) bond motifs is 1. The smallest absolute Gasteiger partial charge is 0.262 e. The van der Waals surface area contributed by atoms with Crippen molar-refractivity contribution in [1.29, 1.82) is 0 Å². The Hall–Kier alpha value is -2.20. The molecule has 0 unspecified atom stereocenters. The molecule has 0 aliphatic heterocycles. The maximum absolute atomic E-state index is 12.0. The minimum atomic E-state index is -1.53. The number of thiazole rings is 1. The molecular weight excluding hydrogens is 314 g/mol. The van der Waals surface area contributed by atoms with E-state index in [2.05, 4.69) is 10.3 Å². The van der Waals surface area contributed by atoms with Crippen LogP contribution in [0.4, 0.5) is 5.13 Å². The van der Waals surface area contributed by atoms with E-state index in [1.54, 1.807) is 6.07 Å². The lowest BCUT2D eigenvalue weighted by atomic mass is 10.2. The van der Waals surface area contributed by atoms with E-state index < -0.39 is 23.8 Å². The lowest BCUT2D eigenvalue weighted by Crippen LogP contribution is -2.52. The van der Waals surface area contributed by atoms with Gasteiger partial charge >= 0.3 is 0 Å². The molecule has 0 aromatic carbocycles. The molecular formula is C11H13N5O3S2. The Morgan fingerprint density at radius 1 is 1.24 bits per heavy atom. The summed E-state index contributed by atoms with van der Waals surface area (Å²) in [7, 11) is 3.75. The van der Waals surface area contributed by atoms with Crippen LogP contribution >= 0.6 is 22.7 Å². The molecule has 0 atom stereocenters. The molecule has 2 aromatic rings. The topological polar surface area (TPSA) is 131 Å². The standard InChI is InChI=1S/C11H13N5O3S2/c1-16(2)11-15-10-5(21-11)3-4(20-10)9(19)14-6(7(12)17)8(13)18/h3,6H,1-2H3,(H2,12,17)(H2,13,18)(H,14,19). The number of nitrogens with one attached hydrogen (secondary N) is 1. The molecule has 5 N–H and O–H groups in total. The van der Waals surface area contributed by atoms with Gasteiger partial charge in [-0.25, -0.2) is 4.98 Å². The number of rotatable bonds is 5. The van der Waals surface area contributed by atoms with Gasteiger partial charge in [0, 0.05) is 14.1 Å². The third kappa shape index (κ3) is 3.11. The van der Waals surface area contributed by atoms with Crippen LogP contribution in [0.5, 0.6) is 0 Å². The zero-order valence-electron chi connectivity index (χ0n) is 11.2. The van der Waals surface area contributed by atoms with Crippen molar-refractivity contribution in [2.75, 3.05) is 19.0 Å². The Balaban J connectivity index is 2.21. The number of primary amides is 2. The van der Waals surface area contributed by atoms with Crippen LogP contribution in [0.2, 0.25) is 0 Å². The van der Waals surface area contributed by atoms with Gasteiger partial charge in [-0.3, -0.25) is 14.4 Å². The highest BCUT2D eigenvalue weighted by molar-refractivity contribution is 7.29. The van der Waals surface area contributed by atoms with Crippen molar-refractivity contribution >= 4 is 55.1 Å². The Bertz CT molecular complexity index is 675. The van der Waals surface area contributed by atoms with Crippen molar-refractivity contribution in [2.45, 2.75) is 6.04 Å². The second kappa shape index (κ2) is 5.66. The van der Waals surface area contributed by atoms with Gasteiger partial charge in [-0.2, -0.15) is 0 Å². The van der Waals surface area contributed by atoms with Gasteiger partial charge in [-0.15, -0.1) is 11.3 Å². The number of nitrogens with zero attached hydrogens (tertiary/aromatic N) is 2. The molecule has 2 aromatic heterocycles. The summed E-state index contributed by atoms with van der Waals surface area (Å²) in [5, 5.41) is 3.04. The number of anilines is 1. The SMILES string of the molecule is CN(C)c1nc2sc(C(=O)NC(C(N)=O)C(N)=O)cc2s1. The molecule has 2 rings (SSSR count). The number of nitrogens with two attached hydrogens (primary N) is 2. The molecule has 0 saturated carbocycles. The molecule has 8 nitrogen and oxygen atoms in total. The summed E-state index contributed by atoms with van der Waals surface area (Å²) in [4.78, 5) is 41.4. The van der Waals surface area contributed by atoms with Crippen LogP contribution in [0.25, 0.3) is 9.53 Å². The van der Waals surface area contributed by atoms with Crippen molar-refractivity contribution in [3.63, 3.8) is 0 Å². The number of hydrogen-bond donors (Lipinski definition) is 3. The first-order chi connectivity index (χ1) is 9.79. The summed E-state index contributed by atoms with van der Waals surface area (Å²) in [6.07, 6.45) is 0. The Kier molecular flexibility index (Phi) is 4.09. The summed E-state index contributed by atoms with van der Waals surface area (Å²) in [6, 6.07) is 0.127. The van der Waals surface area contributed by atoms with Gasteiger partial charge in [-0.05, 0) is 6.07 Å². The second-order valence-corrected chi connectivity index (χ2v) is 6.42. The van der Waals surface area contributed by atoms with E-state index in [1.165, 1.54) is 22.7 Å². The molecule has 0 aliphatic carbocycles. The van der Waals surface area contributed by atoms with E-state index >= 15 is 0 Å². The summed E-state index contributed by atoms with van der Waals surface area (Å²) in [6.45, 7) is 0. The van der Waals surface area contributed by atoms with Crippen molar-refractivity contribution < 1.29 is 14.4 Å². The van der Waals surface area contributed by atoms with Gasteiger partial charge in [0.1, 0.15) is 4.83 Å². The third-order valence-corrected chi connectivity index (χ3v) is 4.86. The highest BCUT2D eigenvalue weighted by atomic mass is 32.1. The number of carbonyl (C=O) groups excluding carboxylic acids is 3. The van der Waals surface area contributed by atoms with E-state index in [4.69, 9.17) is 11.5 Å². The highest BCUT2D eigenvalue weighted by Crippen LogP contribution is 2.33. The maximum atomic E-state index is 12.0. The second-order valence-electron chi connectivity index (χ2n) is 4.38. The maximum Gasteiger partial charge on any atom is 0.262 e. The molecule has 21 heavy (non-hydrogen) atoms. The molecule has 0 aliphatic rings. The van der Waals surface area contributed by atoms with Crippen LogP contribution < -0.4 is 21.7 Å². The normalized spacial score (nSPS) is 10.8. The number of thiophene rings is 1. The van der Waals surface area contributed by atoms with Crippen molar-refractivity contribution in [3.05, 3.63) is 10.9 Å². The van der Waals surface area contributed by atoms with E-state index in [0.717, 1.165) is 9.83 Å². The number of hydrogen-bond acceptors (Lipinski definition) is 7. The fourth-order valence-corrected chi connectivity index (χ4v) is 3.55. The zero-order valence-corrected chi connectivity index (χ0v) is 12.9. The summed E-state index contributed by atoms with van der Waals surface area (Å²) < 4.78 is 0.851. The molecule has 3 amide bonds. The Morgan fingerprint density at radius 2 is 1.86 bits per heavy atom. The average Bonchev–Trinajstić information content (AvgIpc) is 2.92. The minimum absolute atomic E-state index is 0.335. The summed E-state index contributed by atoms with van der Waals surface area (Å²) in [5.74, 6) is -2.58. The van der Waals surface area contributed by atoms with Gasteiger partial charge in [-0.1, -0.05) is 11.3 Å². The van der Waals surface area contributed by atoms with Gasteiger partial charge in [0.05, 0.1) is 9.58 Å². The van der Waals surface area contributed by atoms with E-state index in [9.17, 15) is 14.4 Å². The van der Waals surface area contributed by atoms with Crippen molar-refractivity contribution in [3.8, 4) is 0 Å². The lowest BCUT2D eigenvalue weighted by molar-refractivity contribution is -0.128. The highest BCUT2D eigenvalue weighted by Gasteiger charge is 2.25. The van der Waals surface area contributed by atoms with Crippen LogP contribution in [-0.4, -0.2) is 42.8 Å². The first-order valence-electron chi connectivity index (χ1n) is 5.76. The predicted octanol–water partition coefficient (Wildman–Crippen LogP) is -0.507. The zero-order chi connectivity index (χ0) is 15.7. The van der Waals surface area contributed by atoms with Gasteiger partial charge in [0.15, 0.2) is 11.2 Å². The molecule has 0 fully saturated rings. The average molecular weight is 327 g/mol. The van der Waals surface area contributed by atoms with Crippen LogP contribution in [-0.2, 0) is 9.59 Å². The van der Waals surface area contributed by atoms with E-state index in [-0.39, 0.29) is 0 Å². The Morgan fingerprint density at radius 3 is 2.33 bits per heavy atom. The number of carbonyl (C=O) groups is 3. The van der Waals surface area contributed by atoms with Gasteiger partial charge in [0.2, 0.25) is 11.8 Å². The fourth-order valence-electron chi connectivity index (χ4n) is 1.51. The molecule has 0 radical (unpaired) electrons.